The Kier molecular flexibility index (Phi) is 3.28. The van der Waals surface area contributed by atoms with E-state index in [4.69, 9.17) is 0 Å². The van der Waals surface area contributed by atoms with Crippen molar-refractivity contribution < 1.29 is 0 Å². The van der Waals surface area contributed by atoms with Gasteiger partial charge in [0.2, 0.25) is 0 Å². The van der Waals surface area contributed by atoms with Crippen LogP contribution in [0.15, 0.2) is 41.3 Å². The summed E-state index contributed by atoms with van der Waals surface area (Å²) >= 11 is 0. The molecule has 2 heteroatoms. The second-order valence-corrected chi connectivity index (χ2v) is 3.71. The van der Waals surface area contributed by atoms with Gasteiger partial charge >= 0.3 is 0 Å². The third-order valence-electron chi connectivity index (χ3n) is 2.26. The number of hydrazone groups is 1. The highest BCUT2D eigenvalue weighted by atomic mass is 15.5. The van der Waals surface area contributed by atoms with Crippen molar-refractivity contribution in [3.05, 3.63) is 36.2 Å². The van der Waals surface area contributed by atoms with Gasteiger partial charge in [0.05, 0.1) is 11.4 Å². The highest BCUT2D eigenvalue weighted by molar-refractivity contribution is 6.01. The van der Waals surface area contributed by atoms with Crippen LogP contribution < -0.4 is 0 Å². The molecule has 76 valence electrons. The van der Waals surface area contributed by atoms with Gasteiger partial charge in [0.25, 0.3) is 0 Å². The van der Waals surface area contributed by atoms with Gasteiger partial charge in [-0.15, -0.1) is 0 Å². The zero-order valence-electron chi connectivity index (χ0n) is 9.41. The predicted octanol–water partition coefficient (Wildman–Crippen LogP) is 3.31. The molecule has 0 saturated heterocycles. The van der Waals surface area contributed by atoms with Crippen molar-refractivity contribution in [3.63, 3.8) is 0 Å². The Labute approximate surface area is 86.3 Å². The van der Waals surface area contributed by atoms with Crippen molar-refractivity contribution in [2.75, 3.05) is 0 Å². The monoisotopic (exact) mass is 190 g/mol. The number of hydrogen-bond donors (Lipinski definition) is 0. The van der Waals surface area contributed by atoms with E-state index in [0.717, 1.165) is 11.4 Å². The van der Waals surface area contributed by atoms with Crippen LogP contribution in [0.5, 0.6) is 0 Å². The molecule has 1 aliphatic heterocycles. The molecule has 0 N–H and O–H groups in total. The molecule has 0 aromatic carbocycles. The van der Waals surface area contributed by atoms with Gasteiger partial charge in [0, 0.05) is 6.20 Å². The molecule has 1 heterocycles. The van der Waals surface area contributed by atoms with E-state index in [1.54, 1.807) is 6.20 Å². The summed E-state index contributed by atoms with van der Waals surface area (Å²) in [5.41, 5.74) is 3.46. The zero-order chi connectivity index (χ0) is 10.7. The van der Waals surface area contributed by atoms with Gasteiger partial charge in [-0.25, -0.2) is 5.01 Å². The van der Waals surface area contributed by atoms with Crippen LogP contribution in [0.4, 0.5) is 0 Å². The van der Waals surface area contributed by atoms with Crippen molar-refractivity contribution in [3.8, 4) is 0 Å². The average Bonchev–Trinajstić information content (AvgIpc) is 2.16. The third-order valence-corrected chi connectivity index (χ3v) is 2.26. The molecule has 0 bridgehead atoms. The van der Waals surface area contributed by atoms with E-state index >= 15 is 0 Å². The van der Waals surface area contributed by atoms with Gasteiger partial charge in [0.1, 0.15) is 0 Å². The third kappa shape index (κ3) is 1.95. The second kappa shape index (κ2) is 4.27. The molecule has 0 unspecified atom stereocenters. The van der Waals surface area contributed by atoms with Crippen molar-refractivity contribution >= 4 is 5.71 Å². The van der Waals surface area contributed by atoms with E-state index in [1.807, 2.05) is 18.0 Å². The van der Waals surface area contributed by atoms with Gasteiger partial charge in [0.15, 0.2) is 0 Å². The van der Waals surface area contributed by atoms with Gasteiger partial charge in [-0.3, -0.25) is 0 Å². The van der Waals surface area contributed by atoms with E-state index in [9.17, 15) is 0 Å². The van der Waals surface area contributed by atoms with Gasteiger partial charge in [-0.05, 0) is 31.4 Å². The predicted molar refractivity (Wildman–Crippen MR) is 61.8 cm³/mol. The molecule has 0 fully saturated rings. The average molecular weight is 190 g/mol. The summed E-state index contributed by atoms with van der Waals surface area (Å²) in [6.45, 7) is 12.2. The first kappa shape index (κ1) is 10.8. The number of nitrogens with zero attached hydrogens (tertiary/aromatic N) is 2. The standard InChI is InChI=1S/C12H18N2/c1-6-11-8-10(5)12(9(3)4)13-14(11)7-2/h6-9H,2H2,1,3-5H3/b11-6-. The molecule has 0 radical (unpaired) electrons. The molecule has 0 saturated carbocycles. The minimum absolute atomic E-state index is 0.451. The van der Waals surface area contributed by atoms with Crippen LogP contribution >= 0.6 is 0 Å². The number of rotatable bonds is 2. The smallest absolute Gasteiger partial charge is 0.0668 e. The second-order valence-electron chi connectivity index (χ2n) is 3.71. The minimum Gasteiger partial charge on any atom is -0.242 e. The molecule has 2 nitrogen and oxygen atoms in total. The summed E-state index contributed by atoms with van der Waals surface area (Å²) in [6, 6.07) is 0. The molecule has 0 spiro atoms. The van der Waals surface area contributed by atoms with Crippen LogP contribution in [-0.4, -0.2) is 10.7 Å². The van der Waals surface area contributed by atoms with E-state index < -0.39 is 0 Å². The fraction of sp³-hybridized carbons (Fsp3) is 0.417. The quantitative estimate of drug-likeness (QED) is 0.652. The topological polar surface area (TPSA) is 15.6 Å². The van der Waals surface area contributed by atoms with Crippen molar-refractivity contribution in [2.24, 2.45) is 11.0 Å². The maximum atomic E-state index is 4.53. The van der Waals surface area contributed by atoms with Crippen LogP contribution in [-0.2, 0) is 0 Å². The number of allylic oxidation sites excluding steroid dienone is 3. The zero-order valence-corrected chi connectivity index (χ0v) is 9.41. The minimum atomic E-state index is 0.451. The Hall–Kier alpha value is -1.31. The Morgan fingerprint density at radius 1 is 1.50 bits per heavy atom. The fourth-order valence-electron chi connectivity index (χ4n) is 1.55. The summed E-state index contributed by atoms with van der Waals surface area (Å²) in [5.74, 6) is 0.451. The molecule has 14 heavy (non-hydrogen) atoms. The Morgan fingerprint density at radius 2 is 2.14 bits per heavy atom. The van der Waals surface area contributed by atoms with E-state index in [-0.39, 0.29) is 0 Å². The summed E-state index contributed by atoms with van der Waals surface area (Å²) < 4.78 is 0. The Balaban J connectivity index is 3.08. The Morgan fingerprint density at radius 3 is 2.57 bits per heavy atom. The van der Waals surface area contributed by atoms with Crippen molar-refractivity contribution in [1.82, 2.24) is 5.01 Å². The molecular weight excluding hydrogens is 172 g/mol. The lowest BCUT2D eigenvalue weighted by atomic mass is 9.99. The van der Waals surface area contributed by atoms with E-state index in [1.165, 1.54) is 5.57 Å². The van der Waals surface area contributed by atoms with Crippen molar-refractivity contribution in [2.45, 2.75) is 27.7 Å². The Bertz CT molecular complexity index is 319. The summed E-state index contributed by atoms with van der Waals surface area (Å²) in [5, 5.41) is 6.35. The lowest BCUT2D eigenvalue weighted by Gasteiger charge is -2.24. The van der Waals surface area contributed by atoms with Crippen LogP contribution in [0.3, 0.4) is 0 Å². The van der Waals surface area contributed by atoms with Crippen LogP contribution in [0.2, 0.25) is 0 Å². The molecule has 0 amide bonds. The summed E-state index contributed by atoms with van der Waals surface area (Å²) in [6.07, 6.45) is 5.91. The van der Waals surface area contributed by atoms with E-state index in [2.05, 4.69) is 38.5 Å². The first-order chi connectivity index (χ1) is 6.60. The highest BCUT2D eigenvalue weighted by Gasteiger charge is 2.16. The lowest BCUT2D eigenvalue weighted by Crippen LogP contribution is -2.21. The van der Waals surface area contributed by atoms with Gasteiger partial charge in [-0.2, -0.15) is 5.10 Å². The maximum Gasteiger partial charge on any atom is 0.0668 e. The van der Waals surface area contributed by atoms with Crippen LogP contribution in [0.1, 0.15) is 27.7 Å². The normalized spacial score (nSPS) is 19.8. The molecule has 0 aliphatic carbocycles. The van der Waals surface area contributed by atoms with E-state index in [0.29, 0.717) is 5.92 Å². The lowest BCUT2D eigenvalue weighted by molar-refractivity contribution is 0.502. The van der Waals surface area contributed by atoms with Crippen LogP contribution in [0, 0.1) is 5.92 Å². The first-order valence-electron chi connectivity index (χ1n) is 4.95. The molecular formula is C12H18N2. The fourth-order valence-corrected chi connectivity index (χ4v) is 1.55. The number of hydrogen-bond acceptors (Lipinski definition) is 2. The highest BCUT2D eigenvalue weighted by Crippen LogP contribution is 2.21. The SMILES string of the molecule is C=CN1N=C(C(C)C)C(C)=C/C1=C/C. The van der Waals surface area contributed by atoms with Gasteiger partial charge in [-0.1, -0.05) is 26.5 Å². The van der Waals surface area contributed by atoms with Crippen LogP contribution in [0.25, 0.3) is 0 Å². The van der Waals surface area contributed by atoms with Gasteiger partial charge < -0.3 is 0 Å². The molecule has 0 aromatic rings. The molecule has 0 atom stereocenters. The first-order valence-corrected chi connectivity index (χ1v) is 4.95. The molecule has 0 aromatic heterocycles. The summed E-state index contributed by atoms with van der Waals surface area (Å²) in [7, 11) is 0. The molecule has 1 rings (SSSR count). The summed E-state index contributed by atoms with van der Waals surface area (Å²) in [4.78, 5) is 0. The largest absolute Gasteiger partial charge is 0.242 e. The molecule has 1 aliphatic rings. The maximum absolute atomic E-state index is 4.53. The van der Waals surface area contributed by atoms with Crippen molar-refractivity contribution in [1.29, 1.82) is 0 Å².